The van der Waals surface area contributed by atoms with Gasteiger partial charge in [-0.25, -0.2) is 9.97 Å². The third-order valence-corrected chi connectivity index (χ3v) is 11.2. The van der Waals surface area contributed by atoms with E-state index in [9.17, 15) is 14.4 Å². The SMILES string of the molecule is CCCCc1nc2c(N)nc3ccccc3c2n1CCN1CCN(C(=O)CCC(=O)NCCOCCOCCC(=O)NCC2CCCCCCC(C)C2)CC1. The number of amides is 3. The summed E-state index contributed by atoms with van der Waals surface area (Å²) in [7, 11) is 0. The molecule has 13 nitrogen and oxygen atoms in total. The molecular weight excluding hydrogens is 697 g/mol. The predicted octanol–water partition coefficient (Wildman–Crippen LogP) is 5.09. The zero-order valence-corrected chi connectivity index (χ0v) is 33.5. The summed E-state index contributed by atoms with van der Waals surface area (Å²) in [6.45, 7) is 11.7. The Morgan fingerprint density at radius 3 is 2.40 bits per heavy atom. The minimum absolute atomic E-state index is 0.0126. The summed E-state index contributed by atoms with van der Waals surface area (Å²) in [5.41, 5.74) is 9.07. The lowest BCUT2D eigenvalue weighted by Gasteiger charge is -2.35. The van der Waals surface area contributed by atoms with E-state index in [1.807, 2.05) is 23.1 Å². The number of anilines is 1. The van der Waals surface area contributed by atoms with E-state index in [0.29, 0.717) is 64.2 Å². The van der Waals surface area contributed by atoms with Crippen LogP contribution in [-0.2, 0) is 36.8 Å². The van der Waals surface area contributed by atoms with Crippen molar-refractivity contribution in [1.29, 1.82) is 0 Å². The lowest BCUT2D eigenvalue weighted by molar-refractivity contribution is -0.135. The zero-order valence-electron chi connectivity index (χ0n) is 33.5. The number of aromatic nitrogens is 3. The molecule has 2 aliphatic rings. The van der Waals surface area contributed by atoms with Gasteiger partial charge in [0.1, 0.15) is 11.3 Å². The van der Waals surface area contributed by atoms with E-state index in [4.69, 9.17) is 20.2 Å². The Morgan fingerprint density at radius 1 is 0.855 bits per heavy atom. The molecule has 5 rings (SSSR count). The molecule has 3 aromatic rings. The minimum Gasteiger partial charge on any atom is -0.382 e. The van der Waals surface area contributed by atoms with Crippen LogP contribution in [-0.4, -0.2) is 114 Å². The van der Waals surface area contributed by atoms with E-state index in [1.165, 1.54) is 44.9 Å². The van der Waals surface area contributed by atoms with Gasteiger partial charge in [-0.05, 0) is 37.2 Å². The van der Waals surface area contributed by atoms with Crippen LogP contribution in [0, 0.1) is 11.8 Å². The average Bonchev–Trinajstić information content (AvgIpc) is 3.61. The summed E-state index contributed by atoms with van der Waals surface area (Å²) >= 11 is 0. The van der Waals surface area contributed by atoms with Crippen molar-refractivity contribution in [3.05, 3.63) is 30.1 Å². The number of imidazole rings is 1. The number of piperazine rings is 1. The van der Waals surface area contributed by atoms with Gasteiger partial charge in [0.25, 0.3) is 0 Å². The maximum absolute atomic E-state index is 12.9. The van der Waals surface area contributed by atoms with Gasteiger partial charge in [0.2, 0.25) is 17.7 Å². The Balaban J connectivity index is 0.902. The first-order valence-electron chi connectivity index (χ1n) is 21.0. The molecule has 1 aromatic carbocycles. The van der Waals surface area contributed by atoms with Gasteiger partial charge in [-0.1, -0.05) is 70.6 Å². The fraction of sp³-hybridized carbons (Fsp3) is 0.690. The number of pyridine rings is 1. The Hall–Kier alpha value is -3.81. The van der Waals surface area contributed by atoms with Crippen molar-refractivity contribution in [1.82, 2.24) is 35.0 Å². The molecule has 0 radical (unpaired) electrons. The molecule has 4 N–H and O–H groups in total. The highest BCUT2D eigenvalue weighted by Gasteiger charge is 2.23. The quantitative estimate of drug-likeness (QED) is 0.134. The molecule has 1 aliphatic carbocycles. The van der Waals surface area contributed by atoms with E-state index < -0.39 is 0 Å². The molecule has 55 heavy (non-hydrogen) atoms. The summed E-state index contributed by atoms with van der Waals surface area (Å²) < 4.78 is 13.5. The smallest absolute Gasteiger partial charge is 0.223 e. The summed E-state index contributed by atoms with van der Waals surface area (Å²) in [6.07, 6.45) is 12.7. The Bertz CT molecular complexity index is 1660. The van der Waals surface area contributed by atoms with Gasteiger partial charge in [0, 0.05) is 83.4 Å². The molecule has 2 fully saturated rings. The molecule has 13 heteroatoms. The molecule has 2 aromatic heterocycles. The molecule has 0 bridgehead atoms. The number of hydrogen-bond donors (Lipinski definition) is 3. The van der Waals surface area contributed by atoms with Crippen molar-refractivity contribution in [3.8, 4) is 0 Å². The standard InChI is InChI=1S/C42H66N8O5/c1-3-4-15-36-47-40-41(34-13-9-10-14-35(34)46-42(40)43)50(36)25-22-48-20-23-49(24-21-48)39(53)17-16-37(51)44-19-27-55-29-28-54-26-18-38(52)45-31-33-12-8-6-5-7-11-32(2)30-33/h9-10,13-14,32-33H,3-8,11-12,15-31H2,1-2H3,(H2,43,46)(H,44,51)(H,45,52). The topological polar surface area (TPSA) is 157 Å². The second-order valence-corrected chi connectivity index (χ2v) is 15.5. The Labute approximate surface area is 327 Å². The van der Waals surface area contributed by atoms with Gasteiger partial charge in [0.05, 0.1) is 37.5 Å². The monoisotopic (exact) mass is 763 g/mol. The van der Waals surface area contributed by atoms with Crippen molar-refractivity contribution >= 4 is 45.5 Å². The second-order valence-electron chi connectivity index (χ2n) is 15.5. The van der Waals surface area contributed by atoms with E-state index >= 15 is 0 Å². The summed E-state index contributed by atoms with van der Waals surface area (Å²) in [5.74, 6) is 2.72. The van der Waals surface area contributed by atoms with Crippen LogP contribution in [0.5, 0.6) is 0 Å². The van der Waals surface area contributed by atoms with Crippen molar-refractivity contribution < 1.29 is 23.9 Å². The lowest BCUT2D eigenvalue weighted by Crippen LogP contribution is -2.49. The second kappa shape index (κ2) is 22.7. The summed E-state index contributed by atoms with van der Waals surface area (Å²) in [4.78, 5) is 51.4. The van der Waals surface area contributed by atoms with E-state index in [2.05, 4.69) is 45.0 Å². The van der Waals surface area contributed by atoms with Gasteiger partial charge in [0.15, 0.2) is 5.82 Å². The van der Waals surface area contributed by atoms with Crippen LogP contribution >= 0.6 is 0 Å². The first-order valence-corrected chi connectivity index (χ1v) is 21.0. The number of rotatable bonds is 20. The first kappa shape index (κ1) is 42.3. The van der Waals surface area contributed by atoms with Crippen molar-refractivity contribution in [2.75, 3.05) is 78.0 Å². The van der Waals surface area contributed by atoms with Gasteiger partial charge >= 0.3 is 0 Å². The van der Waals surface area contributed by atoms with Gasteiger partial charge in [-0.3, -0.25) is 19.3 Å². The molecule has 1 aliphatic heterocycles. The first-order chi connectivity index (χ1) is 26.8. The highest BCUT2D eigenvalue weighted by molar-refractivity contribution is 6.06. The third kappa shape index (κ3) is 13.4. The van der Waals surface area contributed by atoms with Crippen molar-refractivity contribution in [3.63, 3.8) is 0 Å². The van der Waals surface area contributed by atoms with Gasteiger partial charge in [-0.15, -0.1) is 0 Å². The molecule has 3 heterocycles. The number of aryl methyl sites for hydroxylation is 1. The molecule has 3 amide bonds. The number of nitrogen functional groups attached to an aromatic ring is 1. The molecule has 304 valence electrons. The van der Waals surface area contributed by atoms with Crippen LogP contribution in [0.2, 0.25) is 0 Å². The number of nitrogens with one attached hydrogen (secondary N) is 2. The Morgan fingerprint density at radius 2 is 1.60 bits per heavy atom. The van der Waals surface area contributed by atoms with E-state index in [-0.39, 0.29) is 30.6 Å². The van der Waals surface area contributed by atoms with Crippen molar-refractivity contribution in [2.24, 2.45) is 11.8 Å². The predicted molar refractivity (Wildman–Crippen MR) is 218 cm³/mol. The fourth-order valence-corrected chi connectivity index (χ4v) is 7.97. The normalized spacial score (nSPS) is 18.5. The van der Waals surface area contributed by atoms with Gasteiger partial charge in [-0.2, -0.15) is 0 Å². The number of para-hydroxylation sites is 1. The maximum Gasteiger partial charge on any atom is 0.223 e. The number of nitrogens with two attached hydrogens (primary N) is 1. The molecule has 0 spiro atoms. The molecule has 1 saturated heterocycles. The van der Waals surface area contributed by atoms with Crippen molar-refractivity contribution in [2.45, 2.75) is 104 Å². The van der Waals surface area contributed by atoms with Crippen LogP contribution < -0.4 is 16.4 Å². The van der Waals surface area contributed by atoms with Crippen LogP contribution in [0.25, 0.3) is 21.9 Å². The van der Waals surface area contributed by atoms with Crippen LogP contribution in [0.15, 0.2) is 24.3 Å². The zero-order chi connectivity index (χ0) is 38.8. The third-order valence-electron chi connectivity index (χ3n) is 11.2. The number of fused-ring (bicyclic) bond motifs is 3. The maximum atomic E-state index is 12.9. The van der Waals surface area contributed by atoms with E-state index in [1.54, 1.807) is 0 Å². The molecule has 1 saturated carbocycles. The number of ether oxygens (including phenoxy) is 2. The molecule has 2 atom stereocenters. The largest absolute Gasteiger partial charge is 0.382 e. The molecule has 2 unspecified atom stereocenters. The van der Waals surface area contributed by atoms with Crippen LogP contribution in [0.1, 0.15) is 96.7 Å². The summed E-state index contributed by atoms with van der Waals surface area (Å²) in [6, 6.07) is 8.09. The van der Waals surface area contributed by atoms with Crippen LogP contribution in [0.3, 0.4) is 0 Å². The number of carbonyl (C=O) groups is 3. The number of hydrogen-bond acceptors (Lipinski definition) is 9. The highest BCUT2D eigenvalue weighted by Crippen LogP contribution is 2.30. The number of unbranched alkanes of at least 4 members (excludes halogenated alkanes) is 1. The van der Waals surface area contributed by atoms with E-state index in [0.717, 1.165) is 85.7 Å². The number of nitrogens with zero attached hydrogens (tertiary/aromatic N) is 5. The van der Waals surface area contributed by atoms with Gasteiger partial charge < -0.3 is 35.3 Å². The number of carbonyl (C=O) groups excluding carboxylic acids is 3. The number of benzene rings is 1. The molecular formula is C42H66N8O5. The lowest BCUT2D eigenvalue weighted by atomic mass is 9.90. The average molecular weight is 763 g/mol. The summed E-state index contributed by atoms with van der Waals surface area (Å²) in [5, 5.41) is 7.01. The fourth-order valence-electron chi connectivity index (χ4n) is 7.97. The van der Waals surface area contributed by atoms with Crippen LogP contribution in [0.4, 0.5) is 5.82 Å². The highest BCUT2D eigenvalue weighted by atomic mass is 16.5. The Kier molecular flexibility index (Phi) is 17.5. The minimum atomic E-state index is -0.155.